The van der Waals surface area contributed by atoms with E-state index in [-0.39, 0.29) is 6.61 Å². The molecule has 5 nitrogen and oxygen atoms in total. The van der Waals surface area contributed by atoms with Crippen LogP contribution < -0.4 is 0 Å². The minimum Gasteiger partial charge on any atom is -0.390 e. The van der Waals surface area contributed by atoms with Gasteiger partial charge in [-0.3, -0.25) is 4.98 Å². The fourth-order valence-corrected chi connectivity index (χ4v) is 2.36. The van der Waals surface area contributed by atoms with Crippen molar-refractivity contribution < 1.29 is 5.11 Å². The van der Waals surface area contributed by atoms with Crippen LogP contribution in [-0.2, 0) is 6.61 Å². The summed E-state index contributed by atoms with van der Waals surface area (Å²) < 4.78 is 1.70. The van der Waals surface area contributed by atoms with E-state index < -0.39 is 0 Å². The lowest BCUT2D eigenvalue weighted by molar-refractivity contribution is 0.277. The Bertz CT molecular complexity index is 771. The van der Waals surface area contributed by atoms with E-state index in [0.29, 0.717) is 10.7 Å². The van der Waals surface area contributed by atoms with Crippen LogP contribution in [-0.4, -0.2) is 25.1 Å². The van der Waals surface area contributed by atoms with Gasteiger partial charge < -0.3 is 5.11 Å². The van der Waals surface area contributed by atoms with Gasteiger partial charge in [-0.1, -0.05) is 22.9 Å². The summed E-state index contributed by atoms with van der Waals surface area (Å²) >= 11 is 6.08. The van der Waals surface area contributed by atoms with Gasteiger partial charge in [-0.25, -0.2) is 4.68 Å². The Hall–Kier alpha value is -2.24. The van der Waals surface area contributed by atoms with Crippen LogP contribution in [0.5, 0.6) is 0 Å². The van der Waals surface area contributed by atoms with E-state index in [1.165, 1.54) is 0 Å². The van der Waals surface area contributed by atoms with E-state index in [1.54, 1.807) is 17.1 Å². The second kappa shape index (κ2) is 5.63. The maximum atomic E-state index is 9.51. The topological polar surface area (TPSA) is 63.8 Å². The summed E-state index contributed by atoms with van der Waals surface area (Å²) in [5.74, 6) is 0. The monoisotopic (exact) mass is 300 g/mol. The lowest BCUT2D eigenvalue weighted by Gasteiger charge is -2.10. The molecule has 1 N–H and O–H groups in total. The van der Waals surface area contributed by atoms with E-state index in [0.717, 1.165) is 22.5 Å². The number of halogens is 1. The van der Waals surface area contributed by atoms with E-state index in [2.05, 4.69) is 15.3 Å². The van der Waals surface area contributed by atoms with Gasteiger partial charge in [-0.2, -0.15) is 0 Å². The van der Waals surface area contributed by atoms with E-state index >= 15 is 0 Å². The van der Waals surface area contributed by atoms with Gasteiger partial charge in [-0.05, 0) is 36.8 Å². The first-order valence-electron chi connectivity index (χ1n) is 6.43. The molecule has 106 valence electrons. The molecule has 0 unspecified atom stereocenters. The predicted molar refractivity (Wildman–Crippen MR) is 80.3 cm³/mol. The van der Waals surface area contributed by atoms with Crippen LogP contribution >= 0.6 is 11.6 Å². The second-order valence-electron chi connectivity index (χ2n) is 4.62. The first-order valence-corrected chi connectivity index (χ1v) is 6.81. The summed E-state index contributed by atoms with van der Waals surface area (Å²) in [6, 6.07) is 9.30. The minimum absolute atomic E-state index is 0.183. The highest BCUT2D eigenvalue weighted by atomic mass is 35.5. The lowest BCUT2D eigenvalue weighted by Crippen LogP contribution is -2.02. The van der Waals surface area contributed by atoms with Crippen molar-refractivity contribution >= 4 is 11.6 Å². The maximum Gasteiger partial charge on any atom is 0.117 e. The van der Waals surface area contributed by atoms with Crippen LogP contribution in [0.25, 0.3) is 16.9 Å². The number of hydrogen-bond donors (Lipinski definition) is 1. The number of aliphatic hydroxyl groups excluding tert-OH is 1. The molecule has 0 radical (unpaired) electrons. The van der Waals surface area contributed by atoms with Crippen LogP contribution in [0.15, 0.2) is 42.7 Å². The highest BCUT2D eigenvalue weighted by molar-refractivity contribution is 6.30. The van der Waals surface area contributed by atoms with Gasteiger partial charge in [0, 0.05) is 23.0 Å². The predicted octanol–water partition coefficient (Wildman–Crippen LogP) is 2.78. The first kappa shape index (κ1) is 13.7. The lowest BCUT2D eigenvalue weighted by atomic mass is 10.1. The third-order valence-electron chi connectivity index (χ3n) is 3.24. The van der Waals surface area contributed by atoms with Crippen molar-refractivity contribution in [1.29, 1.82) is 0 Å². The molecular weight excluding hydrogens is 288 g/mol. The summed E-state index contributed by atoms with van der Waals surface area (Å²) in [6.07, 6.45) is 3.39. The Morgan fingerprint density at radius 1 is 1.19 bits per heavy atom. The zero-order valence-electron chi connectivity index (χ0n) is 11.4. The van der Waals surface area contributed by atoms with Gasteiger partial charge in [0.1, 0.15) is 11.4 Å². The number of aromatic nitrogens is 4. The van der Waals surface area contributed by atoms with Crippen LogP contribution in [0.2, 0.25) is 5.02 Å². The molecule has 21 heavy (non-hydrogen) atoms. The highest BCUT2D eigenvalue weighted by Gasteiger charge is 2.17. The van der Waals surface area contributed by atoms with Crippen LogP contribution in [0, 0.1) is 6.92 Å². The van der Waals surface area contributed by atoms with Gasteiger partial charge in [0.2, 0.25) is 0 Å². The zero-order chi connectivity index (χ0) is 14.8. The van der Waals surface area contributed by atoms with Crippen molar-refractivity contribution in [3.8, 4) is 16.9 Å². The summed E-state index contributed by atoms with van der Waals surface area (Å²) in [5.41, 5.74) is 4.00. The van der Waals surface area contributed by atoms with Crippen LogP contribution in [0.3, 0.4) is 0 Å². The number of rotatable bonds is 3. The molecule has 0 spiro atoms. The Labute approximate surface area is 126 Å². The third-order valence-corrected chi connectivity index (χ3v) is 3.48. The van der Waals surface area contributed by atoms with E-state index in [4.69, 9.17) is 11.6 Å². The zero-order valence-corrected chi connectivity index (χ0v) is 12.1. The smallest absolute Gasteiger partial charge is 0.117 e. The molecule has 2 aromatic heterocycles. The number of aliphatic hydroxyl groups is 1. The molecule has 3 aromatic rings. The minimum atomic E-state index is -0.183. The normalized spacial score (nSPS) is 10.8. The van der Waals surface area contributed by atoms with Crippen molar-refractivity contribution in [2.75, 3.05) is 0 Å². The molecule has 0 saturated carbocycles. The molecule has 2 heterocycles. The average molecular weight is 301 g/mol. The van der Waals surface area contributed by atoms with Gasteiger partial charge in [0.25, 0.3) is 0 Å². The van der Waals surface area contributed by atoms with Crippen molar-refractivity contribution in [2.24, 2.45) is 0 Å². The number of nitrogens with zero attached hydrogens (tertiary/aromatic N) is 4. The molecule has 0 amide bonds. The molecule has 0 fully saturated rings. The largest absolute Gasteiger partial charge is 0.390 e. The number of benzene rings is 1. The summed E-state index contributed by atoms with van der Waals surface area (Å²) in [5, 5.41) is 18.3. The fraction of sp³-hybridized carbons (Fsp3) is 0.133. The van der Waals surface area contributed by atoms with Gasteiger partial charge in [0.15, 0.2) is 0 Å². The molecule has 0 aliphatic heterocycles. The van der Waals surface area contributed by atoms with Crippen LogP contribution in [0.1, 0.15) is 11.3 Å². The molecule has 1 aromatic carbocycles. The van der Waals surface area contributed by atoms with Gasteiger partial charge >= 0.3 is 0 Å². The number of aryl methyl sites for hydroxylation is 1. The summed E-state index contributed by atoms with van der Waals surface area (Å²) in [7, 11) is 0. The maximum absolute atomic E-state index is 9.51. The van der Waals surface area contributed by atoms with Crippen LogP contribution in [0.4, 0.5) is 0 Å². The third kappa shape index (κ3) is 2.53. The molecule has 3 rings (SSSR count). The second-order valence-corrected chi connectivity index (χ2v) is 5.06. The van der Waals surface area contributed by atoms with Crippen molar-refractivity contribution in [2.45, 2.75) is 13.5 Å². The standard InChI is InChI=1S/C15H13ClN4O/c1-10-2-3-12(16)8-14(10)20-15(13(9-21)18-19-20)11-4-6-17-7-5-11/h2-8,21H,9H2,1H3. The fourth-order valence-electron chi connectivity index (χ4n) is 2.20. The number of pyridine rings is 1. The number of hydrogen-bond acceptors (Lipinski definition) is 4. The highest BCUT2D eigenvalue weighted by Crippen LogP contribution is 2.27. The SMILES string of the molecule is Cc1ccc(Cl)cc1-n1nnc(CO)c1-c1ccncc1. The Kier molecular flexibility index (Phi) is 3.68. The molecule has 0 aliphatic carbocycles. The molecular formula is C15H13ClN4O. The van der Waals surface area contributed by atoms with Crippen molar-refractivity contribution in [3.63, 3.8) is 0 Å². The first-order chi connectivity index (χ1) is 10.2. The van der Waals surface area contributed by atoms with Gasteiger partial charge in [0.05, 0.1) is 12.3 Å². The average Bonchev–Trinajstić information content (AvgIpc) is 2.94. The Balaban J connectivity index is 2.25. The quantitative estimate of drug-likeness (QED) is 0.808. The molecule has 0 aliphatic rings. The van der Waals surface area contributed by atoms with Crippen molar-refractivity contribution in [3.05, 3.63) is 59.0 Å². The molecule has 0 saturated heterocycles. The molecule has 0 atom stereocenters. The van der Waals surface area contributed by atoms with E-state index in [1.807, 2.05) is 37.3 Å². The molecule has 6 heteroatoms. The molecule has 0 bridgehead atoms. The van der Waals surface area contributed by atoms with E-state index in [9.17, 15) is 5.11 Å². The Morgan fingerprint density at radius 2 is 1.95 bits per heavy atom. The van der Waals surface area contributed by atoms with Gasteiger partial charge in [-0.15, -0.1) is 5.10 Å². The Morgan fingerprint density at radius 3 is 2.67 bits per heavy atom. The van der Waals surface area contributed by atoms with Crippen molar-refractivity contribution in [1.82, 2.24) is 20.0 Å². The summed E-state index contributed by atoms with van der Waals surface area (Å²) in [6.45, 7) is 1.79. The summed E-state index contributed by atoms with van der Waals surface area (Å²) in [4.78, 5) is 4.01.